The summed E-state index contributed by atoms with van der Waals surface area (Å²) in [5.41, 5.74) is 2.79. The number of nitrogens with one attached hydrogen (secondary N) is 1. The zero-order valence-electron chi connectivity index (χ0n) is 13.3. The van der Waals surface area contributed by atoms with Crippen molar-refractivity contribution in [3.05, 3.63) is 29.8 Å². The van der Waals surface area contributed by atoms with Crippen LogP contribution in [-0.2, 0) is 9.63 Å². The van der Waals surface area contributed by atoms with Gasteiger partial charge in [-0.05, 0) is 42.7 Å². The molecule has 0 aromatic heterocycles. The molecular weight excluding hydrogens is 298 g/mol. The monoisotopic (exact) mass is 321 g/mol. The van der Waals surface area contributed by atoms with Gasteiger partial charge in [0.05, 0.1) is 5.56 Å². The molecule has 1 N–H and O–H groups in total. The second-order valence-corrected chi connectivity index (χ2v) is 7.47. The molecule has 1 aromatic carbocycles. The molecule has 1 saturated carbocycles. The summed E-state index contributed by atoms with van der Waals surface area (Å²) < 4.78 is 0. The molecule has 4 nitrogen and oxygen atoms in total. The Morgan fingerprint density at radius 3 is 2.59 bits per heavy atom. The van der Waals surface area contributed by atoms with Crippen molar-refractivity contribution in [1.82, 2.24) is 5.48 Å². The first-order valence-corrected chi connectivity index (χ1v) is 8.02. The average molecular weight is 321 g/mol. The van der Waals surface area contributed by atoms with E-state index in [1.165, 1.54) is 0 Å². The molecule has 2 rings (SSSR count). The van der Waals surface area contributed by atoms with E-state index in [1.807, 2.05) is 0 Å². The molecule has 0 radical (unpaired) electrons. The van der Waals surface area contributed by atoms with Crippen LogP contribution >= 0.6 is 12.6 Å². The molecule has 0 saturated heterocycles. The van der Waals surface area contributed by atoms with Crippen LogP contribution in [0.25, 0.3) is 0 Å². The number of carbonyl (C=O) groups excluding carboxylic acids is 2. The molecule has 1 aromatic rings. The van der Waals surface area contributed by atoms with Crippen LogP contribution in [-0.4, -0.2) is 11.9 Å². The lowest BCUT2D eigenvalue weighted by Gasteiger charge is -2.38. The lowest BCUT2D eigenvalue weighted by Crippen LogP contribution is -2.39. The minimum Gasteiger partial charge on any atom is -0.335 e. The number of thiol groups is 1. The highest BCUT2D eigenvalue weighted by molar-refractivity contribution is 7.80. The normalized spacial score (nSPS) is 23.6. The van der Waals surface area contributed by atoms with Gasteiger partial charge in [0.25, 0.3) is 5.91 Å². The lowest BCUT2D eigenvalue weighted by atomic mass is 9.68. The van der Waals surface area contributed by atoms with Crippen molar-refractivity contribution in [3.8, 4) is 0 Å². The predicted molar refractivity (Wildman–Crippen MR) is 87.5 cm³/mol. The maximum absolute atomic E-state index is 12.2. The van der Waals surface area contributed by atoms with E-state index in [0.29, 0.717) is 16.4 Å². The second kappa shape index (κ2) is 6.73. The summed E-state index contributed by atoms with van der Waals surface area (Å²) in [6.45, 7) is 6.50. The van der Waals surface area contributed by atoms with Gasteiger partial charge in [0.1, 0.15) is 0 Å². The SMILES string of the molecule is CC1CC(C(=O)NOC(=O)c2ccccc2S)CC(C)(C)C1. The standard InChI is InChI=1S/C17H23NO3S/c1-11-8-12(10-17(2,3)9-11)15(19)18-21-16(20)13-6-4-5-7-14(13)22/h4-7,11-12,22H,8-10H2,1-3H3,(H,18,19). The number of rotatable bonds is 2. The quantitative estimate of drug-likeness (QED) is 0.646. The third-order valence-electron chi connectivity index (χ3n) is 4.13. The van der Waals surface area contributed by atoms with Gasteiger partial charge in [0.2, 0.25) is 0 Å². The Morgan fingerprint density at radius 1 is 1.27 bits per heavy atom. The number of benzene rings is 1. The van der Waals surface area contributed by atoms with E-state index in [0.717, 1.165) is 19.3 Å². The summed E-state index contributed by atoms with van der Waals surface area (Å²) in [6.07, 6.45) is 2.75. The molecule has 1 aliphatic rings. The molecular formula is C17H23NO3S. The Bertz CT molecular complexity index is 571. The molecule has 5 heteroatoms. The molecule has 0 aliphatic heterocycles. The van der Waals surface area contributed by atoms with Gasteiger partial charge in [-0.1, -0.05) is 32.9 Å². The molecule has 120 valence electrons. The van der Waals surface area contributed by atoms with Gasteiger partial charge in [-0.3, -0.25) is 4.79 Å². The van der Waals surface area contributed by atoms with Crippen molar-refractivity contribution in [3.63, 3.8) is 0 Å². The van der Waals surface area contributed by atoms with Crippen LogP contribution in [0.3, 0.4) is 0 Å². The molecule has 1 amide bonds. The van der Waals surface area contributed by atoms with Crippen LogP contribution in [0.2, 0.25) is 0 Å². The third-order valence-corrected chi connectivity index (χ3v) is 4.52. The first-order valence-electron chi connectivity index (χ1n) is 7.57. The van der Waals surface area contributed by atoms with Crippen LogP contribution in [0, 0.1) is 17.3 Å². The van der Waals surface area contributed by atoms with E-state index in [1.54, 1.807) is 24.3 Å². The van der Waals surface area contributed by atoms with Crippen molar-refractivity contribution in [1.29, 1.82) is 0 Å². The molecule has 0 heterocycles. The molecule has 2 unspecified atom stereocenters. The van der Waals surface area contributed by atoms with Crippen molar-refractivity contribution in [2.45, 2.75) is 44.9 Å². The van der Waals surface area contributed by atoms with Gasteiger partial charge >= 0.3 is 5.97 Å². The van der Waals surface area contributed by atoms with Crippen LogP contribution in [0.4, 0.5) is 0 Å². The van der Waals surface area contributed by atoms with Crippen molar-refractivity contribution in [2.75, 3.05) is 0 Å². The lowest BCUT2D eigenvalue weighted by molar-refractivity contribution is -0.137. The number of carbonyl (C=O) groups is 2. The van der Waals surface area contributed by atoms with Gasteiger partial charge in [-0.15, -0.1) is 12.6 Å². The maximum Gasteiger partial charge on any atom is 0.364 e. The number of hydrogen-bond acceptors (Lipinski definition) is 4. The summed E-state index contributed by atoms with van der Waals surface area (Å²) in [6, 6.07) is 6.82. The van der Waals surface area contributed by atoms with Gasteiger partial charge in [0, 0.05) is 10.8 Å². The fourth-order valence-electron chi connectivity index (χ4n) is 3.43. The zero-order valence-corrected chi connectivity index (χ0v) is 14.2. The van der Waals surface area contributed by atoms with Gasteiger partial charge in [-0.2, -0.15) is 5.48 Å². The smallest absolute Gasteiger partial charge is 0.335 e. The Hall–Kier alpha value is -1.49. The number of amides is 1. The highest BCUT2D eigenvalue weighted by atomic mass is 32.1. The summed E-state index contributed by atoms with van der Waals surface area (Å²) >= 11 is 4.20. The van der Waals surface area contributed by atoms with Crippen LogP contribution in [0.1, 0.15) is 50.4 Å². The Labute approximate surface area is 137 Å². The fraction of sp³-hybridized carbons (Fsp3) is 0.529. The minimum absolute atomic E-state index is 0.113. The predicted octanol–water partition coefficient (Wildman–Crippen LogP) is 3.63. The summed E-state index contributed by atoms with van der Waals surface area (Å²) in [5, 5.41) is 0. The molecule has 0 spiro atoms. The minimum atomic E-state index is -0.595. The van der Waals surface area contributed by atoms with E-state index in [4.69, 9.17) is 4.84 Å². The molecule has 22 heavy (non-hydrogen) atoms. The van der Waals surface area contributed by atoms with Gasteiger partial charge < -0.3 is 4.84 Å². The summed E-state index contributed by atoms with van der Waals surface area (Å²) in [5.74, 6) is -0.433. The van der Waals surface area contributed by atoms with E-state index in [-0.39, 0.29) is 17.2 Å². The van der Waals surface area contributed by atoms with Crippen molar-refractivity contribution in [2.24, 2.45) is 17.3 Å². The van der Waals surface area contributed by atoms with Crippen molar-refractivity contribution < 1.29 is 14.4 Å². The topological polar surface area (TPSA) is 55.4 Å². The van der Waals surface area contributed by atoms with Crippen LogP contribution < -0.4 is 5.48 Å². The van der Waals surface area contributed by atoms with E-state index in [9.17, 15) is 9.59 Å². The van der Waals surface area contributed by atoms with E-state index < -0.39 is 5.97 Å². The van der Waals surface area contributed by atoms with Crippen LogP contribution in [0.15, 0.2) is 29.2 Å². The largest absolute Gasteiger partial charge is 0.364 e. The summed E-state index contributed by atoms with van der Waals surface area (Å²) in [4.78, 5) is 29.7. The highest BCUT2D eigenvalue weighted by Gasteiger charge is 2.35. The van der Waals surface area contributed by atoms with Crippen molar-refractivity contribution >= 4 is 24.5 Å². The first kappa shape index (κ1) is 16.9. The molecule has 0 bridgehead atoms. The first-order chi connectivity index (χ1) is 10.3. The zero-order chi connectivity index (χ0) is 16.3. The maximum atomic E-state index is 12.2. The highest BCUT2D eigenvalue weighted by Crippen LogP contribution is 2.41. The Morgan fingerprint density at radius 2 is 1.95 bits per heavy atom. The van der Waals surface area contributed by atoms with Crippen LogP contribution in [0.5, 0.6) is 0 Å². The third kappa shape index (κ3) is 4.26. The Balaban J connectivity index is 1.93. The molecule has 2 atom stereocenters. The van der Waals surface area contributed by atoms with E-state index >= 15 is 0 Å². The average Bonchev–Trinajstić information content (AvgIpc) is 2.42. The number of hydrogen-bond donors (Lipinski definition) is 2. The molecule has 1 fully saturated rings. The van der Waals surface area contributed by atoms with Gasteiger partial charge in [0.15, 0.2) is 0 Å². The second-order valence-electron chi connectivity index (χ2n) is 6.98. The number of hydroxylamine groups is 1. The fourth-order valence-corrected chi connectivity index (χ4v) is 3.68. The molecule has 1 aliphatic carbocycles. The van der Waals surface area contributed by atoms with Gasteiger partial charge in [-0.25, -0.2) is 4.79 Å². The summed E-state index contributed by atoms with van der Waals surface area (Å²) in [7, 11) is 0. The Kier molecular flexibility index (Phi) is 5.16. The van der Waals surface area contributed by atoms with E-state index in [2.05, 4.69) is 38.9 Å².